The summed E-state index contributed by atoms with van der Waals surface area (Å²) in [4.78, 5) is 11.2. The molecule has 0 N–H and O–H groups in total. The van der Waals surface area contributed by atoms with E-state index in [-0.39, 0.29) is 5.69 Å². The molecule has 0 saturated heterocycles. The molecule has 1 aromatic rings. The second-order valence-corrected chi connectivity index (χ2v) is 8.12. The van der Waals surface area contributed by atoms with Crippen LogP contribution in [0.2, 0.25) is 0 Å². The molecule has 0 amide bonds. The van der Waals surface area contributed by atoms with Gasteiger partial charge in [0.15, 0.2) is 0 Å². The standard InChI is InChI=1S/C14H7NO2S4/c16-15(17)11-4-1-10(2-5-11)3-6-12-9-20-14(21-12)13-18-7-8-19-13/h1-2,4-5,7-9H. The number of rotatable bonds is 1. The van der Waals surface area contributed by atoms with Gasteiger partial charge in [0.25, 0.3) is 5.69 Å². The normalized spacial score (nSPS) is 16.7. The summed E-state index contributed by atoms with van der Waals surface area (Å²) in [6, 6.07) is 6.29. The van der Waals surface area contributed by atoms with Gasteiger partial charge in [-0.3, -0.25) is 10.1 Å². The summed E-state index contributed by atoms with van der Waals surface area (Å²) in [5.74, 6) is 6.15. The average molecular weight is 349 g/mol. The number of thioether (sulfide) groups is 4. The van der Waals surface area contributed by atoms with Gasteiger partial charge in [-0.2, -0.15) is 0 Å². The Labute approximate surface area is 138 Å². The Morgan fingerprint density at radius 1 is 0.952 bits per heavy atom. The van der Waals surface area contributed by atoms with Crippen molar-refractivity contribution in [3.05, 3.63) is 69.5 Å². The Morgan fingerprint density at radius 2 is 1.67 bits per heavy atom. The van der Waals surface area contributed by atoms with Crippen LogP contribution in [-0.2, 0) is 0 Å². The van der Waals surface area contributed by atoms with Gasteiger partial charge >= 0.3 is 0 Å². The smallest absolute Gasteiger partial charge is 0.258 e. The van der Waals surface area contributed by atoms with Crippen LogP contribution in [0.1, 0.15) is 5.56 Å². The predicted octanol–water partition coefficient (Wildman–Crippen LogP) is 5.35. The lowest BCUT2D eigenvalue weighted by Gasteiger charge is -1.98. The van der Waals surface area contributed by atoms with Gasteiger partial charge in [0, 0.05) is 17.7 Å². The first-order valence-corrected chi connectivity index (χ1v) is 9.22. The third-order valence-corrected chi connectivity index (χ3v) is 7.39. The second-order valence-electron chi connectivity index (χ2n) is 3.84. The van der Waals surface area contributed by atoms with E-state index < -0.39 is 4.92 Å². The van der Waals surface area contributed by atoms with E-state index in [4.69, 9.17) is 0 Å². The van der Waals surface area contributed by atoms with E-state index in [1.165, 1.54) is 20.6 Å². The summed E-state index contributed by atoms with van der Waals surface area (Å²) >= 11 is 6.84. The summed E-state index contributed by atoms with van der Waals surface area (Å²) in [7, 11) is 0. The van der Waals surface area contributed by atoms with Crippen LogP contribution in [0, 0.1) is 22.0 Å². The molecule has 0 spiro atoms. The molecule has 0 aliphatic carbocycles. The van der Waals surface area contributed by atoms with E-state index >= 15 is 0 Å². The highest BCUT2D eigenvalue weighted by molar-refractivity contribution is 8.33. The molecule has 7 heteroatoms. The third-order valence-electron chi connectivity index (χ3n) is 2.46. The number of hydrogen-bond acceptors (Lipinski definition) is 6. The summed E-state index contributed by atoms with van der Waals surface area (Å²) in [5.41, 5.74) is 0.861. The fraction of sp³-hybridized carbons (Fsp3) is 0. The lowest BCUT2D eigenvalue weighted by atomic mass is 10.2. The van der Waals surface area contributed by atoms with Crippen LogP contribution in [0.5, 0.6) is 0 Å². The molecule has 2 aliphatic heterocycles. The van der Waals surface area contributed by atoms with Crippen LogP contribution in [0.25, 0.3) is 0 Å². The van der Waals surface area contributed by atoms with Crippen LogP contribution in [-0.4, -0.2) is 4.92 Å². The average Bonchev–Trinajstić information content (AvgIpc) is 3.16. The number of benzene rings is 1. The van der Waals surface area contributed by atoms with Crippen molar-refractivity contribution in [3.63, 3.8) is 0 Å². The maximum absolute atomic E-state index is 10.6. The van der Waals surface area contributed by atoms with Crippen molar-refractivity contribution in [2.75, 3.05) is 0 Å². The van der Waals surface area contributed by atoms with Crippen molar-refractivity contribution in [1.29, 1.82) is 0 Å². The summed E-state index contributed by atoms with van der Waals surface area (Å²) in [5, 5.41) is 16.8. The highest BCUT2D eigenvalue weighted by atomic mass is 32.2. The predicted molar refractivity (Wildman–Crippen MR) is 94.6 cm³/mol. The SMILES string of the molecule is O=[N+]([O-])c1ccc(C#CC2=CSC(=C3SC=CS3)S2)cc1. The van der Waals surface area contributed by atoms with E-state index in [0.29, 0.717) is 0 Å². The quantitative estimate of drug-likeness (QED) is 0.387. The number of nitrogens with zero attached hydrogens (tertiary/aromatic N) is 1. The zero-order valence-electron chi connectivity index (χ0n) is 10.4. The minimum absolute atomic E-state index is 0.0837. The number of hydrogen-bond donors (Lipinski definition) is 0. The molecular formula is C14H7NO2S4. The zero-order valence-corrected chi connectivity index (χ0v) is 13.7. The van der Waals surface area contributed by atoms with E-state index in [1.807, 2.05) is 5.41 Å². The van der Waals surface area contributed by atoms with Crippen molar-refractivity contribution < 1.29 is 4.92 Å². The Bertz CT molecular complexity index is 728. The van der Waals surface area contributed by atoms with Gasteiger partial charge in [0.2, 0.25) is 0 Å². The lowest BCUT2D eigenvalue weighted by Crippen LogP contribution is -1.86. The summed E-state index contributed by atoms with van der Waals surface area (Å²) in [6.45, 7) is 0. The van der Waals surface area contributed by atoms with Crippen molar-refractivity contribution in [3.8, 4) is 11.8 Å². The van der Waals surface area contributed by atoms with Crippen LogP contribution in [0.3, 0.4) is 0 Å². The molecule has 0 atom stereocenters. The van der Waals surface area contributed by atoms with Crippen LogP contribution in [0.15, 0.2) is 53.9 Å². The maximum Gasteiger partial charge on any atom is 0.269 e. The van der Waals surface area contributed by atoms with Crippen molar-refractivity contribution in [2.24, 2.45) is 0 Å². The van der Waals surface area contributed by atoms with E-state index in [0.717, 1.165) is 10.5 Å². The number of nitro groups is 1. The first-order chi connectivity index (χ1) is 10.2. The van der Waals surface area contributed by atoms with Crippen molar-refractivity contribution in [2.45, 2.75) is 0 Å². The summed E-state index contributed by atoms with van der Waals surface area (Å²) in [6.07, 6.45) is 0. The highest BCUT2D eigenvalue weighted by Crippen LogP contribution is 2.52. The van der Waals surface area contributed by atoms with Crippen molar-refractivity contribution in [1.82, 2.24) is 0 Å². The first-order valence-electron chi connectivity index (χ1n) is 5.76. The second kappa shape index (κ2) is 6.71. The zero-order chi connectivity index (χ0) is 14.7. The van der Waals surface area contributed by atoms with E-state index in [9.17, 15) is 10.1 Å². The Hall–Kier alpha value is -1.20. The number of allylic oxidation sites excluding steroid dienone is 1. The Kier molecular flexibility index (Phi) is 4.70. The molecule has 2 aliphatic rings. The van der Waals surface area contributed by atoms with Gasteiger partial charge in [0.05, 0.1) is 18.3 Å². The molecule has 2 heterocycles. The molecular weight excluding hydrogens is 342 g/mol. The van der Waals surface area contributed by atoms with Crippen LogP contribution in [0.4, 0.5) is 5.69 Å². The molecule has 0 aromatic heterocycles. The lowest BCUT2D eigenvalue weighted by molar-refractivity contribution is -0.384. The van der Waals surface area contributed by atoms with Gasteiger partial charge < -0.3 is 0 Å². The third kappa shape index (κ3) is 3.71. The Morgan fingerprint density at radius 3 is 2.33 bits per heavy atom. The molecule has 0 saturated carbocycles. The number of non-ortho nitro benzene ring substituents is 1. The first kappa shape index (κ1) is 14.7. The van der Waals surface area contributed by atoms with E-state index in [1.54, 1.807) is 59.2 Å². The topological polar surface area (TPSA) is 43.1 Å². The minimum Gasteiger partial charge on any atom is -0.258 e. The largest absolute Gasteiger partial charge is 0.269 e. The molecule has 0 fully saturated rings. The highest BCUT2D eigenvalue weighted by Gasteiger charge is 2.17. The molecule has 0 bridgehead atoms. The molecule has 3 nitrogen and oxygen atoms in total. The van der Waals surface area contributed by atoms with Gasteiger partial charge in [-0.05, 0) is 28.4 Å². The van der Waals surface area contributed by atoms with Gasteiger partial charge in [-0.25, -0.2) is 0 Å². The number of nitro benzene ring substituents is 1. The Balaban J connectivity index is 1.68. The minimum atomic E-state index is -0.410. The van der Waals surface area contributed by atoms with Gasteiger partial charge in [-0.1, -0.05) is 58.9 Å². The molecule has 21 heavy (non-hydrogen) atoms. The molecule has 0 unspecified atom stereocenters. The summed E-state index contributed by atoms with van der Waals surface area (Å²) < 4.78 is 2.57. The van der Waals surface area contributed by atoms with Gasteiger partial charge in [-0.15, -0.1) is 0 Å². The molecule has 104 valence electrons. The molecule has 0 radical (unpaired) electrons. The fourth-order valence-corrected chi connectivity index (χ4v) is 5.76. The van der Waals surface area contributed by atoms with Crippen LogP contribution >= 0.6 is 47.0 Å². The van der Waals surface area contributed by atoms with Crippen molar-refractivity contribution >= 4 is 52.7 Å². The molecule has 3 rings (SSSR count). The van der Waals surface area contributed by atoms with E-state index in [2.05, 4.69) is 22.7 Å². The fourth-order valence-electron chi connectivity index (χ4n) is 1.50. The monoisotopic (exact) mass is 349 g/mol. The van der Waals surface area contributed by atoms with Gasteiger partial charge in [0.1, 0.15) is 0 Å². The van der Waals surface area contributed by atoms with Crippen LogP contribution < -0.4 is 0 Å². The molecule has 1 aromatic carbocycles. The maximum atomic E-state index is 10.6.